The van der Waals surface area contributed by atoms with Crippen molar-refractivity contribution < 1.29 is 21.6 Å². The number of hydrogen-bond acceptors (Lipinski definition) is 5. The lowest BCUT2D eigenvalue weighted by Crippen LogP contribution is -2.29. The van der Waals surface area contributed by atoms with Crippen LogP contribution >= 0.6 is 0 Å². The first-order valence-electron chi connectivity index (χ1n) is 9.92. The van der Waals surface area contributed by atoms with Crippen LogP contribution in [0.25, 0.3) is 0 Å². The van der Waals surface area contributed by atoms with Crippen molar-refractivity contribution in [3.8, 4) is 0 Å². The molecule has 1 amide bonds. The van der Waals surface area contributed by atoms with Gasteiger partial charge in [0, 0.05) is 18.3 Å². The van der Waals surface area contributed by atoms with E-state index in [1.165, 1.54) is 11.4 Å². The van der Waals surface area contributed by atoms with Gasteiger partial charge in [0.05, 0.1) is 30.4 Å². The van der Waals surface area contributed by atoms with Crippen LogP contribution < -0.4 is 13.9 Å². The average Bonchev–Trinajstić information content (AvgIpc) is 2.76. The Labute approximate surface area is 194 Å². The fourth-order valence-electron chi connectivity index (χ4n) is 3.10. The predicted octanol–water partition coefficient (Wildman–Crippen LogP) is 3.30. The van der Waals surface area contributed by atoms with Gasteiger partial charge < -0.3 is 5.32 Å². The fourth-order valence-corrected chi connectivity index (χ4v) is 4.49. The van der Waals surface area contributed by atoms with Crippen LogP contribution in [0.15, 0.2) is 78.9 Å². The quantitative estimate of drug-likeness (QED) is 0.525. The van der Waals surface area contributed by atoms with Crippen LogP contribution in [-0.2, 0) is 26.6 Å². The van der Waals surface area contributed by atoms with E-state index in [1.54, 1.807) is 48.5 Å². The minimum absolute atomic E-state index is 0.172. The summed E-state index contributed by atoms with van der Waals surface area (Å²) in [6.45, 7) is 0.172. The van der Waals surface area contributed by atoms with Gasteiger partial charge in [0.1, 0.15) is 0 Å². The zero-order chi connectivity index (χ0) is 24.2. The van der Waals surface area contributed by atoms with Gasteiger partial charge in [0.2, 0.25) is 20.0 Å². The molecule has 1 N–H and O–H groups in total. The van der Waals surface area contributed by atoms with Gasteiger partial charge in [-0.2, -0.15) is 0 Å². The van der Waals surface area contributed by atoms with Crippen LogP contribution in [0.5, 0.6) is 0 Å². The van der Waals surface area contributed by atoms with E-state index in [-0.39, 0.29) is 6.54 Å². The largest absolute Gasteiger partial charge is 0.322 e. The Hall–Kier alpha value is -3.37. The number of carbonyl (C=O) groups is 1. The number of amides is 1. The SMILES string of the molecule is CN(c1cccc(NC(=O)c2ccc(N(Cc3ccccc3)S(C)(=O)=O)cc2)c1)S(C)(=O)=O. The van der Waals surface area contributed by atoms with Crippen molar-refractivity contribution in [2.24, 2.45) is 0 Å². The zero-order valence-electron chi connectivity index (χ0n) is 18.5. The maximum absolute atomic E-state index is 12.7. The van der Waals surface area contributed by atoms with E-state index < -0.39 is 26.0 Å². The molecule has 0 aliphatic heterocycles. The Morgan fingerprint density at radius 2 is 1.42 bits per heavy atom. The van der Waals surface area contributed by atoms with E-state index in [0.29, 0.717) is 22.6 Å². The van der Waals surface area contributed by atoms with Crippen LogP contribution in [0.2, 0.25) is 0 Å². The van der Waals surface area contributed by atoms with Gasteiger partial charge >= 0.3 is 0 Å². The van der Waals surface area contributed by atoms with Gasteiger partial charge in [-0.25, -0.2) is 16.8 Å². The lowest BCUT2D eigenvalue weighted by molar-refractivity contribution is 0.102. The summed E-state index contributed by atoms with van der Waals surface area (Å²) in [6.07, 6.45) is 2.23. The van der Waals surface area contributed by atoms with Gasteiger partial charge in [-0.3, -0.25) is 13.4 Å². The molecule has 3 aromatic carbocycles. The third-order valence-corrected chi connectivity index (χ3v) is 7.30. The summed E-state index contributed by atoms with van der Waals surface area (Å²) < 4.78 is 50.6. The first-order valence-corrected chi connectivity index (χ1v) is 13.6. The molecule has 0 radical (unpaired) electrons. The number of nitrogens with one attached hydrogen (secondary N) is 1. The highest BCUT2D eigenvalue weighted by Gasteiger charge is 2.19. The molecule has 33 heavy (non-hydrogen) atoms. The standard InChI is InChI=1S/C23H25N3O5S2/c1-25(32(2,28)29)22-11-7-10-20(16-22)24-23(27)19-12-14-21(15-13-19)26(33(3,30)31)17-18-8-5-4-6-9-18/h4-16H,17H2,1-3H3,(H,24,27). The zero-order valence-corrected chi connectivity index (χ0v) is 20.1. The summed E-state index contributed by atoms with van der Waals surface area (Å²) in [5, 5.41) is 2.73. The molecular formula is C23H25N3O5S2. The Balaban J connectivity index is 1.78. The Morgan fingerprint density at radius 3 is 2.00 bits per heavy atom. The van der Waals surface area contributed by atoms with E-state index in [9.17, 15) is 21.6 Å². The highest BCUT2D eigenvalue weighted by atomic mass is 32.2. The smallest absolute Gasteiger partial charge is 0.255 e. The van der Waals surface area contributed by atoms with Crippen molar-refractivity contribution in [3.05, 3.63) is 90.0 Å². The molecule has 8 nitrogen and oxygen atoms in total. The second-order valence-electron chi connectivity index (χ2n) is 7.54. The molecule has 0 unspecified atom stereocenters. The van der Waals surface area contributed by atoms with Gasteiger partial charge in [0.15, 0.2) is 0 Å². The number of hydrogen-bond donors (Lipinski definition) is 1. The third kappa shape index (κ3) is 6.33. The lowest BCUT2D eigenvalue weighted by Gasteiger charge is -2.22. The topological polar surface area (TPSA) is 104 Å². The maximum atomic E-state index is 12.7. The summed E-state index contributed by atoms with van der Waals surface area (Å²) in [4.78, 5) is 12.7. The summed E-state index contributed by atoms with van der Waals surface area (Å²) in [5.41, 5.74) is 2.45. The first kappa shape index (κ1) is 24.3. The predicted molar refractivity (Wildman–Crippen MR) is 132 cm³/mol. The van der Waals surface area contributed by atoms with E-state index >= 15 is 0 Å². The fraction of sp³-hybridized carbons (Fsp3) is 0.174. The van der Waals surface area contributed by atoms with Crippen molar-refractivity contribution in [1.82, 2.24) is 0 Å². The summed E-state index contributed by atoms with van der Waals surface area (Å²) in [7, 11) is -5.55. The molecule has 0 aromatic heterocycles. The normalized spacial score (nSPS) is 11.6. The molecule has 0 bridgehead atoms. The van der Waals surface area contributed by atoms with Crippen molar-refractivity contribution in [3.63, 3.8) is 0 Å². The molecule has 3 rings (SSSR count). The van der Waals surface area contributed by atoms with E-state index in [1.807, 2.05) is 30.3 Å². The van der Waals surface area contributed by atoms with Gasteiger partial charge in [0.25, 0.3) is 5.91 Å². The molecule has 10 heteroatoms. The molecule has 0 heterocycles. The van der Waals surface area contributed by atoms with Crippen LogP contribution in [-0.4, -0.2) is 42.3 Å². The van der Waals surface area contributed by atoms with E-state index in [4.69, 9.17) is 0 Å². The van der Waals surface area contributed by atoms with E-state index in [0.717, 1.165) is 22.4 Å². The Morgan fingerprint density at radius 1 is 0.788 bits per heavy atom. The minimum Gasteiger partial charge on any atom is -0.322 e. The van der Waals surface area contributed by atoms with Crippen molar-refractivity contribution >= 4 is 43.0 Å². The molecule has 0 aliphatic carbocycles. The van der Waals surface area contributed by atoms with Crippen LogP contribution in [0.4, 0.5) is 17.1 Å². The molecule has 0 fully saturated rings. The summed E-state index contributed by atoms with van der Waals surface area (Å²) in [6, 6.07) is 21.9. The highest BCUT2D eigenvalue weighted by Crippen LogP contribution is 2.23. The lowest BCUT2D eigenvalue weighted by atomic mass is 10.1. The minimum atomic E-state index is -3.54. The molecule has 0 spiro atoms. The maximum Gasteiger partial charge on any atom is 0.255 e. The molecule has 0 saturated carbocycles. The van der Waals surface area contributed by atoms with Crippen LogP contribution in [0.3, 0.4) is 0 Å². The summed E-state index contributed by atoms with van der Waals surface area (Å²) >= 11 is 0. The molecule has 0 aliphatic rings. The number of anilines is 3. The third-order valence-electron chi connectivity index (χ3n) is 4.95. The van der Waals surface area contributed by atoms with Gasteiger partial charge in [-0.1, -0.05) is 36.4 Å². The van der Waals surface area contributed by atoms with Crippen LogP contribution in [0.1, 0.15) is 15.9 Å². The first-order chi connectivity index (χ1) is 15.4. The summed E-state index contributed by atoms with van der Waals surface area (Å²) in [5.74, 6) is -0.408. The molecule has 0 saturated heterocycles. The second kappa shape index (κ2) is 9.63. The van der Waals surface area contributed by atoms with Crippen molar-refractivity contribution in [1.29, 1.82) is 0 Å². The molecule has 0 atom stereocenters. The molecule has 174 valence electrons. The molecular weight excluding hydrogens is 462 g/mol. The monoisotopic (exact) mass is 487 g/mol. The number of carbonyl (C=O) groups excluding carboxylic acids is 1. The number of rotatable bonds is 8. The number of nitrogens with zero attached hydrogens (tertiary/aromatic N) is 2. The Bertz CT molecular complexity index is 1340. The number of sulfonamides is 2. The molecule has 3 aromatic rings. The van der Waals surface area contributed by atoms with Crippen molar-refractivity contribution in [2.45, 2.75) is 6.54 Å². The number of benzene rings is 3. The van der Waals surface area contributed by atoms with Gasteiger partial charge in [-0.05, 0) is 48.0 Å². The van der Waals surface area contributed by atoms with Gasteiger partial charge in [-0.15, -0.1) is 0 Å². The second-order valence-corrected chi connectivity index (χ2v) is 11.5. The van der Waals surface area contributed by atoms with E-state index in [2.05, 4.69) is 5.32 Å². The van der Waals surface area contributed by atoms with Crippen LogP contribution in [0, 0.1) is 0 Å². The highest BCUT2D eigenvalue weighted by molar-refractivity contribution is 7.92. The Kier molecular flexibility index (Phi) is 7.09. The average molecular weight is 488 g/mol. The van der Waals surface area contributed by atoms with Crippen molar-refractivity contribution in [2.75, 3.05) is 33.5 Å².